The molecular weight excluding hydrogens is 894 g/mol. The summed E-state index contributed by atoms with van der Waals surface area (Å²) in [5.41, 5.74) is 15.6. The molecule has 0 saturated carbocycles. The van der Waals surface area contributed by atoms with Gasteiger partial charge in [0.2, 0.25) is 0 Å². The lowest BCUT2D eigenvalue weighted by atomic mass is 9.32. The van der Waals surface area contributed by atoms with E-state index in [1.54, 1.807) is 0 Å². The molecule has 0 atom stereocenters. The zero-order valence-electron chi connectivity index (χ0n) is 37.1. The minimum atomic E-state index is 0.00867. The van der Waals surface area contributed by atoms with Gasteiger partial charge in [0.1, 0.15) is 45.3 Å². The van der Waals surface area contributed by atoms with Gasteiger partial charge in [-0.25, -0.2) is 0 Å². The second-order valence-electron chi connectivity index (χ2n) is 19.1. The van der Waals surface area contributed by atoms with E-state index in [4.69, 9.17) is 18.3 Å². The molecule has 4 aliphatic rings. The SMILES string of the molecule is c1ccc2c(c1)Oc1cc(-c3ccc4oc5cc6ccccc6cc5c4c3)cc3c1B2c1cc2c(cc1S3)Sc1cc(-c3ccc4oc5cc6ccccc6cc5c4c3)cc3c1B2c1ccccc1O3. The van der Waals surface area contributed by atoms with Crippen molar-refractivity contribution in [3.63, 3.8) is 0 Å². The molecule has 13 aromatic rings. The van der Waals surface area contributed by atoms with Gasteiger partial charge in [-0.05, 0) is 157 Å². The first-order chi connectivity index (χ1) is 34.6. The van der Waals surface area contributed by atoms with Crippen molar-refractivity contribution in [2.24, 2.45) is 0 Å². The number of hydrogen-bond acceptors (Lipinski definition) is 6. The van der Waals surface area contributed by atoms with Crippen LogP contribution in [0.4, 0.5) is 0 Å². The topological polar surface area (TPSA) is 44.7 Å². The van der Waals surface area contributed by atoms with E-state index in [1.807, 2.05) is 23.5 Å². The molecule has 11 aromatic carbocycles. The third-order valence-electron chi connectivity index (χ3n) is 15.2. The van der Waals surface area contributed by atoms with E-state index in [0.717, 1.165) is 89.1 Å². The maximum atomic E-state index is 6.91. The predicted molar refractivity (Wildman–Crippen MR) is 290 cm³/mol. The van der Waals surface area contributed by atoms with Gasteiger partial charge in [-0.3, -0.25) is 0 Å². The summed E-state index contributed by atoms with van der Waals surface area (Å²) in [6.07, 6.45) is 0. The van der Waals surface area contributed by atoms with Crippen LogP contribution in [0.3, 0.4) is 0 Å². The van der Waals surface area contributed by atoms with Gasteiger partial charge in [-0.1, -0.05) is 138 Å². The van der Waals surface area contributed by atoms with Crippen LogP contribution in [-0.4, -0.2) is 13.4 Å². The monoisotopic (exact) mass is 926 g/mol. The van der Waals surface area contributed by atoms with E-state index in [1.165, 1.54) is 73.9 Å². The second kappa shape index (κ2) is 13.8. The fraction of sp³-hybridized carbons (Fsp3) is 0. The Morgan fingerprint density at radius 2 is 0.714 bits per heavy atom. The first-order valence-electron chi connectivity index (χ1n) is 23.7. The molecule has 0 fully saturated rings. The molecule has 0 spiro atoms. The molecule has 4 aliphatic heterocycles. The first-order valence-corrected chi connectivity index (χ1v) is 25.4. The van der Waals surface area contributed by atoms with Crippen molar-refractivity contribution in [1.29, 1.82) is 0 Å². The van der Waals surface area contributed by atoms with Crippen molar-refractivity contribution in [3.05, 3.63) is 194 Å². The smallest absolute Gasteiger partial charge is 0.253 e. The molecule has 0 bridgehead atoms. The van der Waals surface area contributed by atoms with Crippen molar-refractivity contribution in [2.45, 2.75) is 19.6 Å². The summed E-state index contributed by atoms with van der Waals surface area (Å²) in [7, 11) is 0. The maximum Gasteiger partial charge on any atom is 0.253 e. The number of para-hydroxylation sites is 2. The molecule has 8 heteroatoms. The number of ether oxygens (including phenoxy) is 2. The fourth-order valence-corrected chi connectivity index (χ4v) is 14.5. The summed E-state index contributed by atoms with van der Waals surface area (Å²) in [4.78, 5) is 4.99. The molecule has 70 heavy (non-hydrogen) atoms. The Kier molecular flexibility index (Phi) is 7.48. The molecule has 17 rings (SSSR count). The quantitative estimate of drug-likeness (QED) is 0.161. The van der Waals surface area contributed by atoms with Gasteiger partial charge in [0.05, 0.1) is 0 Å². The third kappa shape index (κ3) is 5.32. The Morgan fingerprint density at radius 3 is 1.20 bits per heavy atom. The molecule has 0 saturated heterocycles. The second-order valence-corrected chi connectivity index (χ2v) is 21.2. The highest BCUT2D eigenvalue weighted by Gasteiger charge is 2.44. The average Bonchev–Trinajstić information content (AvgIpc) is 3.94. The van der Waals surface area contributed by atoms with E-state index < -0.39 is 0 Å². The van der Waals surface area contributed by atoms with Gasteiger partial charge >= 0.3 is 0 Å². The van der Waals surface area contributed by atoms with Gasteiger partial charge in [0, 0.05) is 41.1 Å². The molecular formula is C62H32B2O4S2. The summed E-state index contributed by atoms with van der Waals surface area (Å²) in [6, 6.07) is 70.5. The molecule has 0 N–H and O–H groups in total. The summed E-state index contributed by atoms with van der Waals surface area (Å²) in [6.45, 7) is 0.0173. The van der Waals surface area contributed by atoms with E-state index in [0.29, 0.717) is 0 Å². The van der Waals surface area contributed by atoms with Crippen molar-refractivity contribution in [3.8, 4) is 45.3 Å². The number of fused-ring (bicyclic) bond motifs is 16. The molecule has 2 aromatic heterocycles. The summed E-state index contributed by atoms with van der Waals surface area (Å²) < 4.78 is 26.7. The Labute approximate surface area is 410 Å². The van der Waals surface area contributed by atoms with Crippen LogP contribution < -0.4 is 42.3 Å². The minimum Gasteiger partial charge on any atom is -0.458 e. The van der Waals surface area contributed by atoms with Crippen LogP contribution in [0.15, 0.2) is 223 Å². The first kappa shape index (κ1) is 37.9. The van der Waals surface area contributed by atoms with Crippen LogP contribution in [0.5, 0.6) is 23.0 Å². The zero-order chi connectivity index (χ0) is 45.3. The lowest BCUT2D eigenvalue weighted by molar-refractivity contribution is 0.486. The maximum absolute atomic E-state index is 6.91. The lowest BCUT2D eigenvalue weighted by Crippen LogP contribution is -2.62. The fourth-order valence-electron chi connectivity index (χ4n) is 12.0. The standard InChI is InChI=1S/C62H32B2O4S2/c1-3-11-35-25-53-43(21-33(35)9-1)41-23-37(17-19-49(41)65-53)39-27-55-61-59(29-39)69-57-32-58-48(31-47(57)63(61)45-13-5-7-15-51(45)67-55)64-46-14-6-8-16-52(46)68-56-28-40(30-60(70-58)62(56)64)38-18-20-50-42(24-38)44-22-34-10-2-4-12-36(34)26-54(44)66-50/h1-32H. The number of furan rings is 2. The third-order valence-corrected chi connectivity index (χ3v) is 17.5. The number of rotatable bonds is 2. The predicted octanol–water partition coefficient (Wildman–Crippen LogP) is 13.3. The van der Waals surface area contributed by atoms with E-state index in [2.05, 4.69) is 194 Å². The van der Waals surface area contributed by atoms with E-state index in [9.17, 15) is 0 Å². The highest BCUT2D eigenvalue weighted by molar-refractivity contribution is 8.01. The summed E-state index contributed by atoms with van der Waals surface area (Å²) in [5, 5.41) is 9.23. The highest BCUT2D eigenvalue weighted by Crippen LogP contribution is 2.46. The van der Waals surface area contributed by atoms with Gasteiger partial charge in [0.15, 0.2) is 0 Å². The summed E-state index contributed by atoms with van der Waals surface area (Å²) >= 11 is 3.73. The number of hydrogen-bond donors (Lipinski definition) is 0. The minimum absolute atomic E-state index is 0.00867. The van der Waals surface area contributed by atoms with E-state index in [-0.39, 0.29) is 13.4 Å². The van der Waals surface area contributed by atoms with Crippen molar-refractivity contribution >= 4 is 135 Å². The van der Waals surface area contributed by atoms with Crippen LogP contribution in [0.25, 0.3) is 87.7 Å². The van der Waals surface area contributed by atoms with Crippen molar-refractivity contribution in [1.82, 2.24) is 0 Å². The zero-order valence-corrected chi connectivity index (χ0v) is 38.7. The normalized spacial score (nSPS) is 13.8. The summed E-state index contributed by atoms with van der Waals surface area (Å²) in [5.74, 6) is 3.64. The van der Waals surface area contributed by atoms with Crippen LogP contribution >= 0.6 is 23.5 Å². The Balaban J connectivity index is 0.817. The molecule has 6 heterocycles. The number of benzene rings is 11. The van der Waals surface area contributed by atoms with Crippen LogP contribution in [0.1, 0.15) is 0 Å². The van der Waals surface area contributed by atoms with Gasteiger partial charge in [-0.15, -0.1) is 0 Å². The van der Waals surface area contributed by atoms with Gasteiger partial charge in [-0.2, -0.15) is 0 Å². The molecule has 0 aliphatic carbocycles. The average molecular weight is 927 g/mol. The molecule has 0 amide bonds. The van der Waals surface area contributed by atoms with Gasteiger partial charge in [0.25, 0.3) is 13.4 Å². The lowest BCUT2D eigenvalue weighted by Gasteiger charge is -2.37. The molecule has 322 valence electrons. The van der Waals surface area contributed by atoms with Crippen LogP contribution in [0, 0.1) is 0 Å². The largest absolute Gasteiger partial charge is 0.458 e. The van der Waals surface area contributed by atoms with Gasteiger partial charge < -0.3 is 18.3 Å². The molecule has 0 unspecified atom stereocenters. The Morgan fingerprint density at radius 1 is 0.286 bits per heavy atom. The van der Waals surface area contributed by atoms with Crippen molar-refractivity contribution in [2.75, 3.05) is 0 Å². The highest BCUT2D eigenvalue weighted by atomic mass is 32.2. The Bertz CT molecular complexity index is 4250. The van der Waals surface area contributed by atoms with E-state index >= 15 is 0 Å². The van der Waals surface area contributed by atoms with Crippen LogP contribution in [0.2, 0.25) is 0 Å². The Hall–Kier alpha value is -8.03. The molecule has 4 nitrogen and oxygen atoms in total. The molecule has 0 radical (unpaired) electrons. The van der Waals surface area contributed by atoms with Crippen LogP contribution in [-0.2, 0) is 0 Å². The van der Waals surface area contributed by atoms with Crippen molar-refractivity contribution < 1.29 is 18.3 Å².